The van der Waals surface area contributed by atoms with Gasteiger partial charge in [-0.15, -0.1) is 0 Å². The van der Waals surface area contributed by atoms with Crippen LogP contribution in [0.3, 0.4) is 0 Å². The van der Waals surface area contributed by atoms with Gasteiger partial charge in [-0.05, 0) is 24.1 Å². The molecule has 1 heterocycles. The highest BCUT2D eigenvalue weighted by Gasteiger charge is 2.35. The molecule has 1 saturated heterocycles. The van der Waals surface area contributed by atoms with Crippen LogP contribution < -0.4 is 0 Å². The van der Waals surface area contributed by atoms with Gasteiger partial charge in [-0.2, -0.15) is 0 Å². The number of hydrogen-bond acceptors (Lipinski definition) is 2. The van der Waals surface area contributed by atoms with Gasteiger partial charge < -0.3 is 10.0 Å². The van der Waals surface area contributed by atoms with E-state index in [-0.39, 0.29) is 24.7 Å². The van der Waals surface area contributed by atoms with E-state index < -0.39 is 12.0 Å². The van der Waals surface area contributed by atoms with Crippen LogP contribution in [0, 0.1) is 5.82 Å². The number of carboxylic acid groups (broad SMARTS) is 1. The Morgan fingerprint density at radius 1 is 1.53 bits per heavy atom. The summed E-state index contributed by atoms with van der Waals surface area (Å²) in [5.74, 6) is -1.59. The Morgan fingerprint density at radius 2 is 2.29 bits per heavy atom. The Kier molecular flexibility index (Phi) is 3.08. The Labute approximate surface area is 97.7 Å². The first kappa shape index (κ1) is 11.6. The lowest BCUT2D eigenvalue weighted by Crippen LogP contribution is -2.37. The average Bonchev–Trinajstić information content (AvgIpc) is 2.61. The van der Waals surface area contributed by atoms with Gasteiger partial charge in [0.2, 0.25) is 5.91 Å². The fourth-order valence-corrected chi connectivity index (χ4v) is 2.02. The molecule has 0 radical (unpaired) electrons. The summed E-state index contributed by atoms with van der Waals surface area (Å²) in [7, 11) is 0. The van der Waals surface area contributed by atoms with Crippen LogP contribution in [0.1, 0.15) is 18.4 Å². The smallest absolute Gasteiger partial charge is 0.326 e. The van der Waals surface area contributed by atoms with Crippen molar-refractivity contribution >= 4 is 11.9 Å². The maximum absolute atomic E-state index is 13.0. The van der Waals surface area contributed by atoms with Crippen molar-refractivity contribution in [2.45, 2.75) is 25.4 Å². The molecular weight excluding hydrogens is 225 g/mol. The van der Waals surface area contributed by atoms with Gasteiger partial charge in [0, 0.05) is 13.0 Å². The van der Waals surface area contributed by atoms with Crippen molar-refractivity contribution in [2.24, 2.45) is 0 Å². The fourth-order valence-electron chi connectivity index (χ4n) is 2.02. The van der Waals surface area contributed by atoms with Gasteiger partial charge in [0.25, 0.3) is 0 Å². The first-order valence-corrected chi connectivity index (χ1v) is 5.34. The number of carbonyl (C=O) groups excluding carboxylic acids is 1. The van der Waals surface area contributed by atoms with Crippen molar-refractivity contribution in [2.75, 3.05) is 0 Å². The summed E-state index contributed by atoms with van der Waals surface area (Å²) in [6.45, 7) is 0.146. The summed E-state index contributed by atoms with van der Waals surface area (Å²) in [4.78, 5) is 23.8. The predicted octanol–water partition coefficient (Wildman–Crippen LogP) is 1.40. The molecule has 1 aromatic carbocycles. The molecule has 0 aliphatic carbocycles. The molecule has 1 N–H and O–H groups in total. The lowest BCUT2D eigenvalue weighted by Gasteiger charge is -2.21. The van der Waals surface area contributed by atoms with Crippen LogP contribution in [0.4, 0.5) is 4.39 Å². The van der Waals surface area contributed by atoms with Crippen LogP contribution in [0.2, 0.25) is 0 Å². The molecule has 2 rings (SSSR count). The summed E-state index contributed by atoms with van der Waals surface area (Å²) >= 11 is 0. The van der Waals surface area contributed by atoms with Crippen LogP contribution in [0.25, 0.3) is 0 Å². The Morgan fingerprint density at radius 3 is 2.94 bits per heavy atom. The highest BCUT2D eigenvalue weighted by molar-refractivity contribution is 5.87. The third-order valence-corrected chi connectivity index (χ3v) is 2.86. The topological polar surface area (TPSA) is 57.6 Å². The SMILES string of the molecule is O=C(O)[C@@H]1CCC(=O)N1Cc1cccc(F)c1. The minimum Gasteiger partial charge on any atom is -0.480 e. The molecule has 1 amide bonds. The minimum atomic E-state index is -1.01. The highest BCUT2D eigenvalue weighted by Crippen LogP contribution is 2.21. The van der Waals surface area contributed by atoms with E-state index in [1.165, 1.54) is 17.0 Å². The summed E-state index contributed by atoms with van der Waals surface area (Å²) in [6, 6.07) is 5.05. The Balaban J connectivity index is 2.16. The quantitative estimate of drug-likeness (QED) is 0.864. The molecule has 4 nitrogen and oxygen atoms in total. The minimum absolute atomic E-state index is 0.146. The van der Waals surface area contributed by atoms with Crippen molar-refractivity contribution in [1.29, 1.82) is 0 Å². The monoisotopic (exact) mass is 237 g/mol. The van der Waals surface area contributed by atoms with Crippen molar-refractivity contribution in [3.8, 4) is 0 Å². The highest BCUT2D eigenvalue weighted by atomic mass is 19.1. The molecule has 5 heteroatoms. The van der Waals surface area contributed by atoms with Crippen LogP contribution in [0.5, 0.6) is 0 Å². The molecule has 90 valence electrons. The van der Waals surface area contributed by atoms with Gasteiger partial charge in [-0.1, -0.05) is 12.1 Å². The number of hydrogen-bond donors (Lipinski definition) is 1. The van der Waals surface area contributed by atoms with E-state index in [0.717, 1.165) is 0 Å². The molecule has 1 aliphatic heterocycles. The number of benzene rings is 1. The Bertz CT molecular complexity index is 461. The summed E-state index contributed by atoms with van der Waals surface area (Å²) < 4.78 is 13.0. The molecule has 0 bridgehead atoms. The van der Waals surface area contributed by atoms with Gasteiger partial charge in [-0.25, -0.2) is 9.18 Å². The van der Waals surface area contributed by atoms with Gasteiger partial charge in [0.05, 0.1) is 0 Å². The molecule has 0 unspecified atom stereocenters. The van der Waals surface area contributed by atoms with Crippen LogP contribution in [0.15, 0.2) is 24.3 Å². The second-order valence-electron chi connectivity index (χ2n) is 4.04. The van der Waals surface area contributed by atoms with Crippen LogP contribution in [-0.2, 0) is 16.1 Å². The zero-order chi connectivity index (χ0) is 12.4. The molecule has 1 fully saturated rings. The van der Waals surface area contributed by atoms with Gasteiger partial charge in [0.1, 0.15) is 11.9 Å². The van der Waals surface area contributed by atoms with E-state index >= 15 is 0 Å². The number of rotatable bonds is 3. The number of halogens is 1. The largest absolute Gasteiger partial charge is 0.480 e. The average molecular weight is 237 g/mol. The molecule has 17 heavy (non-hydrogen) atoms. The second kappa shape index (κ2) is 4.53. The number of carboxylic acids is 1. The third-order valence-electron chi connectivity index (χ3n) is 2.86. The first-order chi connectivity index (χ1) is 8.08. The third kappa shape index (κ3) is 2.43. The maximum Gasteiger partial charge on any atom is 0.326 e. The van der Waals surface area contributed by atoms with E-state index in [9.17, 15) is 14.0 Å². The van der Waals surface area contributed by atoms with Gasteiger partial charge in [0.15, 0.2) is 0 Å². The molecule has 0 saturated carbocycles. The van der Waals surface area contributed by atoms with Crippen molar-refractivity contribution in [3.63, 3.8) is 0 Å². The van der Waals surface area contributed by atoms with Gasteiger partial charge in [-0.3, -0.25) is 4.79 Å². The maximum atomic E-state index is 13.0. The van der Waals surface area contributed by atoms with E-state index in [0.29, 0.717) is 12.0 Å². The van der Waals surface area contributed by atoms with Crippen molar-refractivity contribution in [3.05, 3.63) is 35.6 Å². The summed E-state index contributed by atoms with van der Waals surface area (Å²) in [5.41, 5.74) is 0.603. The standard InChI is InChI=1S/C12H12FNO3/c13-9-3-1-2-8(6-9)7-14-10(12(16)17)4-5-11(14)15/h1-3,6,10H,4-5,7H2,(H,16,17)/t10-/m0/s1. The number of nitrogens with zero attached hydrogens (tertiary/aromatic N) is 1. The zero-order valence-electron chi connectivity index (χ0n) is 9.10. The zero-order valence-corrected chi connectivity index (χ0v) is 9.10. The first-order valence-electron chi connectivity index (χ1n) is 5.34. The molecule has 1 atom stereocenters. The van der Waals surface area contributed by atoms with E-state index in [2.05, 4.69) is 0 Å². The lowest BCUT2D eigenvalue weighted by atomic mass is 10.2. The normalized spacial score (nSPS) is 19.7. The Hall–Kier alpha value is -1.91. The number of amides is 1. The second-order valence-corrected chi connectivity index (χ2v) is 4.04. The molecule has 0 spiro atoms. The van der Waals surface area contributed by atoms with Crippen molar-refractivity contribution in [1.82, 2.24) is 4.90 Å². The number of aliphatic carboxylic acids is 1. The predicted molar refractivity (Wildman–Crippen MR) is 57.6 cm³/mol. The van der Waals surface area contributed by atoms with E-state index in [1.807, 2.05) is 0 Å². The summed E-state index contributed by atoms with van der Waals surface area (Å²) in [5, 5.41) is 8.97. The number of likely N-dealkylation sites (tertiary alicyclic amines) is 1. The van der Waals surface area contributed by atoms with Gasteiger partial charge >= 0.3 is 5.97 Å². The lowest BCUT2D eigenvalue weighted by molar-refractivity contribution is -0.146. The summed E-state index contributed by atoms with van der Waals surface area (Å²) in [6.07, 6.45) is 0.565. The van der Waals surface area contributed by atoms with Crippen LogP contribution in [-0.4, -0.2) is 27.9 Å². The van der Waals surface area contributed by atoms with E-state index in [1.54, 1.807) is 12.1 Å². The van der Waals surface area contributed by atoms with E-state index in [4.69, 9.17) is 5.11 Å². The van der Waals surface area contributed by atoms with Crippen molar-refractivity contribution < 1.29 is 19.1 Å². The fraction of sp³-hybridized carbons (Fsp3) is 0.333. The molecule has 1 aromatic rings. The molecular formula is C12H12FNO3. The molecule has 1 aliphatic rings. The number of carbonyl (C=O) groups is 2. The molecule has 0 aromatic heterocycles. The van der Waals surface area contributed by atoms with Crippen LogP contribution >= 0.6 is 0 Å².